The van der Waals surface area contributed by atoms with E-state index in [1.165, 1.54) is 30.2 Å². The second-order valence-corrected chi connectivity index (χ2v) is 8.55. The maximum absolute atomic E-state index is 13.3. The van der Waals surface area contributed by atoms with Crippen LogP contribution in [-0.4, -0.2) is 47.9 Å². The normalized spacial score (nSPS) is 11.5. The molecular weight excluding hydrogens is 497 g/mol. The highest BCUT2D eigenvalue weighted by atomic mass is 35.5. The first-order valence-electron chi connectivity index (χ1n) is 11.2. The van der Waals surface area contributed by atoms with Crippen LogP contribution in [0.1, 0.15) is 38.7 Å². The maximum Gasteiger partial charge on any atom is 0.311 e. The Hall–Kier alpha value is -3.04. The van der Waals surface area contributed by atoms with Crippen molar-refractivity contribution >= 4 is 40.7 Å². The predicted molar refractivity (Wildman–Crippen MR) is 134 cm³/mol. The summed E-state index contributed by atoms with van der Waals surface area (Å²) in [6.07, 6.45) is 2.12. The van der Waals surface area contributed by atoms with Crippen molar-refractivity contribution in [2.24, 2.45) is 0 Å². The van der Waals surface area contributed by atoms with Crippen LogP contribution in [0.4, 0.5) is 5.69 Å². The SMILES string of the molecule is CCCCNC(=O)[C@@H](CC)N(Cc1ccc(Cl)cc1Cl)C(=O)COc1ccc([N+](=O)[O-])c(OC)c1. The van der Waals surface area contributed by atoms with Gasteiger partial charge in [0.15, 0.2) is 6.61 Å². The Kier molecular flexibility index (Phi) is 11.1. The van der Waals surface area contributed by atoms with E-state index in [9.17, 15) is 19.7 Å². The molecular formula is C24H29Cl2N3O6. The topological polar surface area (TPSA) is 111 Å². The highest BCUT2D eigenvalue weighted by Gasteiger charge is 2.29. The molecule has 190 valence electrons. The number of hydrogen-bond acceptors (Lipinski definition) is 6. The van der Waals surface area contributed by atoms with Crippen molar-refractivity contribution in [3.05, 3.63) is 62.1 Å². The van der Waals surface area contributed by atoms with Crippen molar-refractivity contribution in [3.63, 3.8) is 0 Å². The van der Waals surface area contributed by atoms with Crippen molar-refractivity contribution in [1.82, 2.24) is 10.2 Å². The van der Waals surface area contributed by atoms with Crippen LogP contribution in [0.25, 0.3) is 0 Å². The quantitative estimate of drug-likeness (QED) is 0.223. The van der Waals surface area contributed by atoms with Crippen LogP contribution in [0.2, 0.25) is 10.0 Å². The lowest BCUT2D eigenvalue weighted by Gasteiger charge is -2.31. The van der Waals surface area contributed by atoms with Crippen molar-refractivity contribution in [3.8, 4) is 11.5 Å². The van der Waals surface area contributed by atoms with Gasteiger partial charge in [0.25, 0.3) is 5.91 Å². The van der Waals surface area contributed by atoms with E-state index in [1.54, 1.807) is 18.2 Å². The first-order chi connectivity index (χ1) is 16.7. The first-order valence-corrected chi connectivity index (χ1v) is 11.9. The van der Waals surface area contributed by atoms with Crippen LogP contribution in [0.5, 0.6) is 11.5 Å². The van der Waals surface area contributed by atoms with Gasteiger partial charge in [-0.25, -0.2) is 0 Å². The van der Waals surface area contributed by atoms with E-state index in [0.29, 0.717) is 28.6 Å². The largest absolute Gasteiger partial charge is 0.490 e. The third-order valence-electron chi connectivity index (χ3n) is 5.28. The molecule has 35 heavy (non-hydrogen) atoms. The first kappa shape index (κ1) is 28.2. The zero-order valence-corrected chi connectivity index (χ0v) is 21.4. The summed E-state index contributed by atoms with van der Waals surface area (Å²) in [4.78, 5) is 38.1. The predicted octanol–water partition coefficient (Wildman–Crippen LogP) is 5.01. The third-order valence-corrected chi connectivity index (χ3v) is 5.87. The fraction of sp³-hybridized carbons (Fsp3) is 0.417. The summed E-state index contributed by atoms with van der Waals surface area (Å²) in [6.45, 7) is 4.02. The number of halogens is 2. The molecule has 0 spiro atoms. The number of carbonyl (C=O) groups is 2. The fourth-order valence-corrected chi connectivity index (χ4v) is 3.85. The molecule has 9 nitrogen and oxygen atoms in total. The van der Waals surface area contributed by atoms with Gasteiger partial charge in [-0.15, -0.1) is 0 Å². The number of ether oxygens (including phenoxy) is 2. The van der Waals surface area contributed by atoms with Crippen LogP contribution < -0.4 is 14.8 Å². The molecule has 0 radical (unpaired) electrons. The number of nitro groups is 1. The summed E-state index contributed by atoms with van der Waals surface area (Å²) < 4.78 is 10.6. The van der Waals surface area contributed by atoms with Gasteiger partial charge in [-0.05, 0) is 36.6 Å². The number of benzene rings is 2. The number of carbonyl (C=O) groups excluding carboxylic acids is 2. The van der Waals surface area contributed by atoms with Gasteiger partial charge in [0, 0.05) is 35.3 Å². The van der Waals surface area contributed by atoms with Crippen molar-refractivity contribution < 1.29 is 24.0 Å². The molecule has 0 fully saturated rings. The van der Waals surface area contributed by atoms with E-state index in [0.717, 1.165) is 12.8 Å². The van der Waals surface area contributed by atoms with Crippen molar-refractivity contribution in [1.29, 1.82) is 0 Å². The summed E-state index contributed by atoms with van der Waals surface area (Å²) in [5.74, 6) is -0.501. The lowest BCUT2D eigenvalue weighted by Crippen LogP contribution is -2.50. The molecule has 11 heteroatoms. The average Bonchev–Trinajstić information content (AvgIpc) is 2.83. The summed E-state index contributed by atoms with van der Waals surface area (Å²) in [5, 5.41) is 14.8. The maximum atomic E-state index is 13.3. The van der Waals surface area contributed by atoms with Gasteiger partial charge < -0.3 is 19.7 Å². The van der Waals surface area contributed by atoms with Gasteiger partial charge in [0.1, 0.15) is 11.8 Å². The van der Waals surface area contributed by atoms with Gasteiger partial charge in [-0.1, -0.05) is 49.5 Å². The Balaban J connectivity index is 2.26. The van der Waals surface area contributed by atoms with Gasteiger partial charge in [-0.2, -0.15) is 0 Å². The Morgan fingerprint density at radius 2 is 1.91 bits per heavy atom. The Labute approximate surface area is 214 Å². The van der Waals surface area contributed by atoms with E-state index >= 15 is 0 Å². The van der Waals surface area contributed by atoms with E-state index < -0.39 is 23.5 Å². The highest BCUT2D eigenvalue weighted by molar-refractivity contribution is 6.35. The highest BCUT2D eigenvalue weighted by Crippen LogP contribution is 2.31. The molecule has 2 aromatic carbocycles. The lowest BCUT2D eigenvalue weighted by atomic mass is 10.1. The zero-order chi connectivity index (χ0) is 26.0. The van der Waals surface area contributed by atoms with Gasteiger partial charge in [-0.3, -0.25) is 19.7 Å². The molecule has 0 aromatic heterocycles. The van der Waals surface area contributed by atoms with Crippen molar-refractivity contribution in [2.45, 2.75) is 45.7 Å². The van der Waals surface area contributed by atoms with E-state index in [4.69, 9.17) is 32.7 Å². The van der Waals surface area contributed by atoms with Gasteiger partial charge in [0.05, 0.1) is 12.0 Å². The second-order valence-electron chi connectivity index (χ2n) is 7.71. The minimum absolute atomic E-state index is 0.00601. The summed E-state index contributed by atoms with van der Waals surface area (Å²) in [7, 11) is 1.30. The molecule has 2 aromatic rings. The smallest absolute Gasteiger partial charge is 0.311 e. The molecule has 0 unspecified atom stereocenters. The molecule has 0 aliphatic carbocycles. The Bertz CT molecular complexity index is 1050. The molecule has 2 rings (SSSR count). The number of methoxy groups -OCH3 is 1. The molecule has 1 atom stereocenters. The van der Waals surface area contributed by atoms with E-state index in [2.05, 4.69) is 5.32 Å². The Morgan fingerprint density at radius 3 is 2.51 bits per heavy atom. The number of amides is 2. The summed E-state index contributed by atoms with van der Waals surface area (Å²) in [6, 6.07) is 8.13. The van der Waals surface area contributed by atoms with Crippen molar-refractivity contribution in [2.75, 3.05) is 20.3 Å². The molecule has 1 N–H and O–H groups in total. The molecule has 0 aliphatic rings. The minimum Gasteiger partial charge on any atom is -0.490 e. The Morgan fingerprint density at radius 1 is 1.17 bits per heavy atom. The van der Waals surface area contributed by atoms with Gasteiger partial charge in [0.2, 0.25) is 11.7 Å². The average molecular weight is 526 g/mol. The van der Waals surface area contributed by atoms with Crippen LogP contribution in [0, 0.1) is 10.1 Å². The van der Waals surface area contributed by atoms with Crippen LogP contribution in [0.15, 0.2) is 36.4 Å². The van der Waals surface area contributed by atoms with E-state index in [-0.39, 0.29) is 29.6 Å². The number of hydrogen-bond donors (Lipinski definition) is 1. The van der Waals surface area contributed by atoms with Gasteiger partial charge >= 0.3 is 5.69 Å². The summed E-state index contributed by atoms with van der Waals surface area (Å²) in [5.41, 5.74) is 0.404. The van der Waals surface area contributed by atoms with E-state index in [1.807, 2.05) is 13.8 Å². The molecule has 0 aliphatic heterocycles. The fourth-order valence-electron chi connectivity index (χ4n) is 3.39. The summed E-state index contributed by atoms with van der Waals surface area (Å²) >= 11 is 12.3. The zero-order valence-electron chi connectivity index (χ0n) is 19.9. The monoisotopic (exact) mass is 525 g/mol. The van der Waals surface area contributed by atoms with Crippen LogP contribution in [-0.2, 0) is 16.1 Å². The number of nitro benzene ring substituents is 1. The molecule has 0 bridgehead atoms. The lowest BCUT2D eigenvalue weighted by molar-refractivity contribution is -0.385. The minimum atomic E-state index is -0.749. The number of nitrogens with zero attached hydrogens (tertiary/aromatic N) is 2. The number of unbranched alkanes of at least 4 members (excludes halogenated alkanes) is 1. The molecule has 0 saturated heterocycles. The number of rotatable bonds is 13. The van der Waals surface area contributed by atoms with Crippen LogP contribution in [0.3, 0.4) is 0 Å². The second kappa shape index (κ2) is 13.7. The molecule has 2 amide bonds. The third kappa shape index (κ3) is 8.00. The standard InChI is InChI=1S/C24H29Cl2N3O6/c1-4-6-11-27-24(31)20(5-2)28(14-16-7-8-17(25)12-19(16)26)23(30)15-35-18-9-10-21(29(32)33)22(13-18)34-3/h7-10,12-13,20H,4-6,11,14-15H2,1-3H3,(H,27,31)/t20-/m1/s1. The molecule has 0 saturated carbocycles. The number of nitrogens with one attached hydrogen (secondary N) is 1. The van der Waals surface area contributed by atoms with Crippen LogP contribution >= 0.6 is 23.2 Å². The molecule has 0 heterocycles.